The minimum atomic E-state index is 0.287. The van der Waals surface area contributed by atoms with Crippen LogP contribution in [0, 0.1) is 11.8 Å². The van der Waals surface area contributed by atoms with Crippen molar-refractivity contribution in [3.05, 3.63) is 0 Å². The van der Waals surface area contributed by atoms with Crippen LogP contribution in [0.15, 0.2) is 0 Å². The molecule has 2 aliphatic rings. The highest BCUT2D eigenvalue weighted by atomic mass is 15.3. The summed E-state index contributed by atoms with van der Waals surface area (Å²) >= 11 is 0. The van der Waals surface area contributed by atoms with Crippen LogP contribution in [-0.2, 0) is 0 Å². The zero-order chi connectivity index (χ0) is 12.6. The number of hydrogen-bond donors (Lipinski definition) is 1. The minimum Gasteiger partial charge on any atom is -0.309 e. The largest absolute Gasteiger partial charge is 0.309 e. The van der Waals surface area contributed by atoms with E-state index in [-0.39, 0.29) is 5.54 Å². The van der Waals surface area contributed by atoms with Crippen LogP contribution >= 0.6 is 0 Å². The van der Waals surface area contributed by atoms with Crippen LogP contribution in [0.3, 0.4) is 0 Å². The molecule has 17 heavy (non-hydrogen) atoms. The smallest absolute Gasteiger partial charge is 0.0253 e. The summed E-state index contributed by atoms with van der Waals surface area (Å²) in [6.07, 6.45) is 4.25. The van der Waals surface area contributed by atoms with Crippen molar-refractivity contribution < 1.29 is 0 Å². The Balaban J connectivity index is 2.04. The quantitative estimate of drug-likeness (QED) is 0.755. The van der Waals surface area contributed by atoms with Gasteiger partial charge in [-0.15, -0.1) is 0 Å². The van der Waals surface area contributed by atoms with E-state index in [9.17, 15) is 0 Å². The Morgan fingerprint density at radius 1 is 1.12 bits per heavy atom. The number of nitrogens with zero attached hydrogens (tertiary/aromatic N) is 1. The molecule has 1 N–H and O–H groups in total. The Bertz CT molecular complexity index is 262. The molecule has 0 aromatic rings. The van der Waals surface area contributed by atoms with Gasteiger partial charge in [-0.2, -0.15) is 0 Å². The van der Waals surface area contributed by atoms with Crippen molar-refractivity contribution in [3.63, 3.8) is 0 Å². The summed E-state index contributed by atoms with van der Waals surface area (Å²) in [5, 5.41) is 3.66. The summed E-state index contributed by atoms with van der Waals surface area (Å²) in [5.74, 6) is 1.81. The SMILES string of the molecule is CC1CCC(N2CC(C)(C)NCC2C)C(C)C1. The predicted octanol–water partition coefficient (Wildman–Crippen LogP) is 2.88. The monoisotopic (exact) mass is 238 g/mol. The maximum Gasteiger partial charge on any atom is 0.0253 e. The van der Waals surface area contributed by atoms with Crippen LogP contribution in [-0.4, -0.2) is 35.6 Å². The molecular formula is C15H30N2. The van der Waals surface area contributed by atoms with E-state index >= 15 is 0 Å². The summed E-state index contributed by atoms with van der Waals surface area (Å²) < 4.78 is 0. The first-order chi connectivity index (χ1) is 7.89. The molecule has 0 radical (unpaired) electrons. The minimum absolute atomic E-state index is 0.287. The van der Waals surface area contributed by atoms with Crippen molar-refractivity contribution in [1.82, 2.24) is 10.2 Å². The molecule has 100 valence electrons. The number of hydrogen-bond acceptors (Lipinski definition) is 2. The van der Waals surface area contributed by atoms with Crippen LogP contribution in [0.4, 0.5) is 0 Å². The molecule has 1 aliphatic carbocycles. The predicted molar refractivity (Wildman–Crippen MR) is 74.2 cm³/mol. The molecule has 1 saturated heterocycles. The van der Waals surface area contributed by atoms with Gasteiger partial charge < -0.3 is 5.32 Å². The van der Waals surface area contributed by atoms with E-state index in [0.717, 1.165) is 24.4 Å². The molecule has 1 heterocycles. The van der Waals surface area contributed by atoms with Gasteiger partial charge in [0.1, 0.15) is 0 Å². The molecule has 2 rings (SSSR count). The standard InChI is InChI=1S/C15H30N2/c1-11-6-7-14(12(2)8-11)17-10-15(4,5)16-9-13(17)3/h11-14,16H,6-10H2,1-5H3. The van der Waals surface area contributed by atoms with Gasteiger partial charge in [0.2, 0.25) is 0 Å². The zero-order valence-corrected chi connectivity index (χ0v) is 12.3. The van der Waals surface area contributed by atoms with Crippen molar-refractivity contribution in [1.29, 1.82) is 0 Å². The van der Waals surface area contributed by atoms with Gasteiger partial charge >= 0.3 is 0 Å². The van der Waals surface area contributed by atoms with Crippen molar-refractivity contribution in [2.45, 2.75) is 71.5 Å². The van der Waals surface area contributed by atoms with Gasteiger partial charge in [0, 0.05) is 30.7 Å². The van der Waals surface area contributed by atoms with Gasteiger partial charge in [-0.05, 0) is 51.9 Å². The Hall–Kier alpha value is -0.0800. The van der Waals surface area contributed by atoms with Crippen molar-refractivity contribution in [2.24, 2.45) is 11.8 Å². The van der Waals surface area contributed by atoms with Crippen LogP contribution in [0.5, 0.6) is 0 Å². The molecule has 2 fully saturated rings. The highest BCUT2D eigenvalue weighted by Gasteiger charge is 2.38. The fraction of sp³-hybridized carbons (Fsp3) is 1.00. The van der Waals surface area contributed by atoms with E-state index < -0.39 is 0 Å². The van der Waals surface area contributed by atoms with Crippen LogP contribution in [0.25, 0.3) is 0 Å². The molecule has 0 bridgehead atoms. The molecule has 2 nitrogen and oxygen atoms in total. The Morgan fingerprint density at radius 3 is 2.47 bits per heavy atom. The lowest BCUT2D eigenvalue weighted by Crippen LogP contribution is -2.64. The van der Waals surface area contributed by atoms with Crippen molar-refractivity contribution >= 4 is 0 Å². The Labute approximate surface area is 107 Å². The van der Waals surface area contributed by atoms with Crippen LogP contribution < -0.4 is 5.32 Å². The van der Waals surface area contributed by atoms with Crippen LogP contribution in [0.2, 0.25) is 0 Å². The normalized spacial score (nSPS) is 43.6. The molecule has 2 heteroatoms. The van der Waals surface area contributed by atoms with Gasteiger partial charge in [0.25, 0.3) is 0 Å². The highest BCUT2D eigenvalue weighted by molar-refractivity contribution is 4.95. The molecular weight excluding hydrogens is 208 g/mol. The highest BCUT2D eigenvalue weighted by Crippen LogP contribution is 2.34. The first-order valence-electron chi connectivity index (χ1n) is 7.40. The van der Waals surface area contributed by atoms with E-state index in [1.54, 1.807) is 0 Å². The third-order valence-corrected chi connectivity index (χ3v) is 4.83. The molecule has 0 amide bonds. The fourth-order valence-electron chi connectivity index (χ4n) is 3.80. The van der Waals surface area contributed by atoms with Gasteiger partial charge in [0.05, 0.1) is 0 Å². The molecule has 4 atom stereocenters. The number of rotatable bonds is 1. The number of nitrogens with one attached hydrogen (secondary N) is 1. The fourth-order valence-corrected chi connectivity index (χ4v) is 3.80. The maximum atomic E-state index is 3.66. The van der Waals surface area contributed by atoms with Crippen molar-refractivity contribution in [2.75, 3.05) is 13.1 Å². The zero-order valence-electron chi connectivity index (χ0n) is 12.3. The van der Waals surface area contributed by atoms with E-state index in [4.69, 9.17) is 0 Å². The topological polar surface area (TPSA) is 15.3 Å². The lowest BCUT2D eigenvalue weighted by molar-refractivity contribution is 0.0144. The summed E-state index contributed by atoms with van der Waals surface area (Å²) in [6.45, 7) is 14.3. The third-order valence-electron chi connectivity index (χ3n) is 4.83. The van der Waals surface area contributed by atoms with Crippen molar-refractivity contribution in [3.8, 4) is 0 Å². The second-order valence-corrected chi connectivity index (χ2v) is 7.25. The van der Waals surface area contributed by atoms with E-state index in [0.29, 0.717) is 6.04 Å². The average molecular weight is 238 g/mol. The van der Waals surface area contributed by atoms with E-state index in [1.165, 1.54) is 25.8 Å². The maximum absolute atomic E-state index is 3.66. The third kappa shape index (κ3) is 3.03. The summed E-state index contributed by atoms with van der Waals surface area (Å²) in [6, 6.07) is 1.52. The van der Waals surface area contributed by atoms with Gasteiger partial charge in [-0.3, -0.25) is 4.90 Å². The molecule has 0 spiro atoms. The first kappa shape index (κ1) is 13.4. The number of piperazine rings is 1. The summed E-state index contributed by atoms with van der Waals surface area (Å²) in [4.78, 5) is 2.78. The van der Waals surface area contributed by atoms with Gasteiger partial charge in [-0.25, -0.2) is 0 Å². The van der Waals surface area contributed by atoms with Crippen LogP contribution in [0.1, 0.15) is 53.9 Å². The molecule has 4 unspecified atom stereocenters. The molecule has 0 aromatic carbocycles. The summed E-state index contributed by atoms with van der Waals surface area (Å²) in [7, 11) is 0. The Kier molecular flexibility index (Phi) is 3.84. The summed E-state index contributed by atoms with van der Waals surface area (Å²) in [5.41, 5.74) is 0.287. The van der Waals surface area contributed by atoms with Gasteiger partial charge in [0.15, 0.2) is 0 Å². The second kappa shape index (κ2) is 4.89. The second-order valence-electron chi connectivity index (χ2n) is 7.25. The molecule has 0 aromatic heterocycles. The first-order valence-corrected chi connectivity index (χ1v) is 7.40. The molecule has 1 saturated carbocycles. The molecule has 1 aliphatic heterocycles. The lowest BCUT2D eigenvalue weighted by atomic mass is 9.78. The Morgan fingerprint density at radius 2 is 1.82 bits per heavy atom. The average Bonchev–Trinajstić information content (AvgIpc) is 2.22. The van der Waals surface area contributed by atoms with E-state index in [1.807, 2.05) is 0 Å². The lowest BCUT2D eigenvalue weighted by Gasteiger charge is -2.50. The van der Waals surface area contributed by atoms with E-state index in [2.05, 4.69) is 44.8 Å². The van der Waals surface area contributed by atoms with Gasteiger partial charge in [-0.1, -0.05) is 13.8 Å².